The number of nitrogens with zero attached hydrogens (tertiary/aromatic N) is 2. The van der Waals surface area contributed by atoms with E-state index in [4.69, 9.17) is 4.74 Å². The summed E-state index contributed by atoms with van der Waals surface area (Å²) in [6.45, 7) is 1.32. The van der Waals surface area contributed by atoms with Gasteiger partial charge in [-0.1, -0.05) is 12.1 Å². The first kappa shape index (κ1) is 28.1. The van der Waals surface area contributed by atoms with E-state index in [1.165, 1.54) is 11.0 Å². The molecule has 3 atom stereocenters. The fourth-order valence-corrected chi connectivity index (χ4v) is 7.17. The number of alkyl carbamates (subject to hydrolysis) is 1. The highest BCUT2D eigenvalue weighted by molar-refractivity contribution is 7.92. The lowest BCUT2D eigenvalue weighted by Gasteiger charge is -2.39. The van der Waals surface area contributed by atoms with Crippen LogP contribution >= 0.6 is 0 Å². The van der Waals surface area contributed by atoms with Crippen LogP contribution < -0.4 is 9.62 Å². The van der Waals surface area contributed by atoms with Gasteiger partial charge < -0.3 is 20.1 Å². The molecule has 2 aromatic carbocycles. The molecular weight excluding hydrogens is 558 g/mol. The molecule has 3 aliphatic heterocycles. The Kier molecular flexibility index (Phi) is 6.77. The number of hydrogen-bond donors (Lipinski definition) is 2. The number of ether oxygens (including phenoxy) is 1. The van der Waals surface area contributed by atoms with Gasteiger partial charge in [0.15, 0.2) is 11.2 Å². The average Bonchev–Trinajstić information content (AvgIpc) is 3.47. The summed E-state index contributed by atoms with van der Waals surface area (Å²) in [5, 5.41) is 12.7. The van der Waals surface area contributed by atoms with Gasteiger partial charge >= 0.3 is 12.3 Å². The molecule has 2 N–H and O–H groups in total. The second kappa shape index (κ2) is 9.61. The third kappa shape index (κ3) is 4.87. The van der Waals surface area contributed by atoms with Gasteiger partial charge in [-0.3, -0.25) is 9.10 Å². The summed E-state index contributed by atoms with van der Waals surface area (Å²) >= 11 is 0. The largest absolute Gasteiger partial charge is 0.439 e. The number of nitrogens with one attached hydrogen (secondary N) is 1. The van der Waals surface area contributed by atoms with E-state index in [0.717, 1.165) is 40.7 Å². The van der Waals surface area contributed by atoms with E-state index in [9.17, 15) is 40.7 Å². The average molecular weight is 586 g/mol. The van der Waals surface area contributed by atoms with Gasteiger partial charge in [-0.25, -0.2) is 17.6 Å². The Morgan fingerprint density at radius 1 is 1.20 bits per heavy atom. The molecule has 40 heavy (non-hydrogen) atoms. The van der Waals surface area contributed by atoms with Crippen LogP contribution in [0.25, 0.3) is 0 Å². The molecule has 3 aliphatic rings. The lowest BCUT2D eigenvalue weighted by atomic mass is 9.89. The Bertz CT molecular complexity index is 1450. The standard InChI is InChI=1S/C26H27F4N3O6S/c1-24(36,26(28,29)30)17-3-9-21-16(12-17)2-6-19(33(21)40(37,38)20-7-4-18(27)5-8-20)13-22(34)32-11-10-25(15-32)14-31-23(35)39-25/h3-5,7-9,12,19,36H,2,6,10-11,13-15H2,1H3,(H,31,35)/t19-,24?,25?/m0/s1. The number of alkyl halides is 3. The Labute approximate surface area is 227 Å². The Morgan fingerprint density at radius 2 is 1.90 bits per heavy atom. The summed E-state index contributed by atoms with van der Waals surface area (Å²) in [5.41, 5.74) is -4.13. The van der Waals surface area contributed by atoms with Crippen LogP contribution in [0.3, 0.4) is 0 Å². The van der Waals surface area contributed by atoms with Crippen molar-refractivity contribution in [3.8, 4) is 0 Å². The number of sulfonamides is 1. The molecular formula is C26H27F4N3O6S. The minimum atomic E-state index is -4.97. The summed E-state index contributed by atoms with van der Waals surface area (Å²) in [4.78, 5) is 26.1. The fourth-order valence-electron chi connectivity index (χ4n) is 5.45. The third-order valence-electron chi connectivity index (χ3n) is 7.82. The molecule has 0 aromatic heterocycles. The van der Waals surface area contributed by atoms with E-state index in [-0.39, 0.29) is 54.4 Å². The number of amides is 2. The van der Waals surface area contributed by atoms with Gasteiger partial charge in [-0.15, -0.1) is 0 Å². The van der Waals surface area contributed by atoms with Gasteiger partial charge in [0.05, 0.1) is 29.7 Å². The number of hydrogen-bond acceptors (Lipinski definition) is 6. The van der Waals surface area contributed by atoms with E-state index < -0.39 is 50.9 Å². The first-order valence-electron chi connectivity index (χ1n) is 12.6. The first-order chi connectivity index (χ1) is 18.6. The van der Waals surface area contributed by atoms with Crippen LogP contribution in [-0.4, -0.2) is 67.9 Å². The van der Waals surface area contributed by atoms with Crippen LogP contribution in [-0.2, 0) is 31.6 Å². The zero-order valence-corrected chi connectivity index (χ0v) is 22.2. The minimum Gasteiger partial charge on any atom is -0.439 e. The zero-order chi connectivity index (χ0) is 29.1. The van der Waals surface area contributed by atoms with Crippen LogP contribution in [0.15, 0.2) is 47.4 Å². The molecule has 2 amide bonds. The van der Waals surface area contributed by atoms with Gasteiger partial charge in [-0.2, -0.15) is 13.2 Å². The topological polar surface area (TPSA) is 116 Å². The SMILES string of the molecule is CC(O)(c1ccc2c(c1)CC[C@@H](CC(=O)N1CCC3(CNC(=O)O3)C1)N2S(=O)(=O)c1ccc(F)cc1)C(F)(F)F. The van der Waals surface area contributed by atoms with Crippen molar-refractivity contribution in [3.63, 3.8) is 0 Å². The molecule has 0 radical (unpaired) electrons. The molecule has 0 aliphatic carbocycles. The van der Waals surface area contributed by atoms with Gasteiger partial charge in [0, 0.05) is 19.4 Å². The van der Waals surface area contributed by atoms with Crippen LogP contribution in [0.1, 0.15) is 37.3 Å². The smallest absolute Gasteiger partial charge is 0.421 e. The highest BCUT2D eigenvalue weighted by Crippen LogP contribution is 2.43. The molecule has 1 spiro atoms. The molecule has 2 aromatic rings. The van der Waals surface area contributed by atoms with Crippen LogP contribution in [0.4, 0.5) is 28.0 Å². The van der Waals surface area contributed by atoms with Crippen LogP contribution in [0.5, 0.6) is 0 Å². The molecule has 2 fully saturated rings. The molecule has 5 rings (SSSR count). The first-order valence-corrected chi connectivity index (χ1v) is 14.0. The summed E-state index contributed by atoms with van der Waals surface area (Å²) in [6.07, 6.45) is -5.11. The number of benzene rings is 2. The van der Waals surface area contributed by atoms with Crippen molar-refractivity contribution in [2.24, 2.45) is 0 Å². The van der Waals surface area contributed by atoms with Gasteiger partial charge in [-0.05, 0) is 61.2 Å². The number of carbonyl (C=O) groups is 2. The van der Waals surface area contributed by atoms with Crippen LogP contribution in [0.2, 0.25) is 0 Å². The predicted octanol–water partition coefficient (Wildman–Crippen LogP) is 3.21. The molecule has 2 saturated heterocycles. The number of anilines is 1. The number of aryl methyl sites for hydroxylation is 1. The molecule has 0 saturated carbocycles. The van der Waals surface area contributed by atoms with Crippen molar-refractivity contribution in [1.29, 1.82) is 0 Å². The number of likely N-dealkylation sites (tertiary alicyclic amines) is 1. The molecule has 0 bridgehead atoms. The number of fused-ring (bicyclic) bond motifs is 1. The molecule has 2 unspecified atom stereocenters. The molecule has 9 nitrogen and oxygen atoms in total. The lowest BCUT2D eigenvalue weighted by Crippen LogP contribution is -2.47. The van der Waals surface area contributed by atoms with Gasteiger partial charge in [0.25, 0.3) is 10.0 Å². The van der Waals surface area contributed by atoms with Gasteiger partial charge in [0.1, 0.15) is 5.82 Å². The zero-order valence-electron chi connectivity index (χ0n) is 21.4. The maximum Gasteiger partial charge on any atom is 0.421 e. The maximum absolute atomic E-state index is 13.8. The second-order valence-electron chi connectivity index (χ2n) is 10.6. The summed E-state index contributed by atoms with van der Waals surface area (Å²) in [6, 6.07) is 6.53. The van der Waals surface area contributed by atoms with Crippen molar-refractivity contribution in [1.82, 2.24) is 10.2 Å². The third-order valence-corrected chi connectivity index (χ3v) is 9.70. The molecule has 216 valence electrons. The predicted molar refractivity (Wildman–Crippen MR) is 133 cm³/mol. The van der Waals surface area contributed by atoms with E-state index in [0.29, 0.717) is 19.9 Å². The van der Waals surface area contributed by atoms with E-state index in [2.05, 4.69) is 5.32 Å². The van der Waals surface area contributed by atoms with E-state index in [1.54, 1.807) is 0 Å². The number of halogens is 4. The monoisotopic (exact) mass is 585 g/mol. The highest BCUT2D eigenvalue weighted by atomic mass is 32.2. The van der Waals surface area contributed by atoms with E-state index in [1.807, 2.05) is 0 Å². The lowest BCUT2D eigenvalue weighted by molar-refractivity contribution is -0.258. The minimum absolute atomic E-state index is 0.0712. The Morgan fingerprint density at radius 3 is 2.52 bits per heavy atom. The van der Waals surface area contributed by atoms with Crippen molar-refractivity contribution >= 4 is 27.7 Å². The van der Waals surface area contributed by atoms with Crippen molar-refractivity contribution < 1.29 is 45.4 Å². The normalized spacial score (nSPS) is 24.4. The van der Waals surface area contributed by atoms with Crippen molar-refractivity contribution in [2.75, 3.05) is 23.9 Å². The number of aliphatic hydroxyl groups is 1. The molecule has 3 heterocycles. The Hall–Kier alpha value is -3.39. The van der Waals surface area contributed by atoms with E-state index >= 15 is 0 Å². The number of rotatable bonds is 5. The van der Waals surface area contributed by atoms with Gasteiger partial charge in [0.2, 0.25) is 5.91 Å². The van der Waals surface area contributed by atoms with Crippen LogP contribution in [0, 0.1) is 5.82 Å². The van der Waals surface area contributed by atoms with Crippen molar-refractivity contribution in [3.05, 3.63) is 59.4 Å². The summed E-state index contributed by atoms with van der Waals surface area (Å²) in [7, 11) is -4.38. The summed E-state index contributed by atoms with van der Waals surface area (Å²) in [5.74, 6) is -1.03. The summed E-state index contributed by atoms with van der Waals surface area (Å²) < 4.78 is 88.1. The molecule has 14 heteroatoms. The maximum atomic E-state index is 13.8. The highest BCUT2D eigenvalue weighted by Gasteiger charge is 2.52. The number of carbonyl (C=O) groups excluding carboxylic acids is 2. The van der Waals surface area contributed by atoms with Crippen molar-refractivity contribution in [2.45, 2.75) is 60.9 Å². The fraction of sp³-hybridized carbons (Fsp3) is 0.462. The quantitative estimate of drug-likeness (QED) is 0.521. The second-order valence-corrected chi connectivity index (χ2v) is 12.4. The Balaban J connectivity index is 1.48.